The molecule has 0 bridgehead atoms. The molecule has 6 nitrogen and oxygen atoms in total. The van der Waals surface area contributed by atoms with Gasteiger partial charge in [-0.05, 0) is 62.6 Å². The summed E-state index contributed by atoms with van der Waals surface area (Å²) < 4.78 is 27.3. The van der Waals surface area contributed by atoms with Crippen LogP contribution in [-0.2, 0) is 10.0 Å². The molecule has 1 saturated carbocycles. The first-order valence-corrected chi connectivity index (χ1v) is 11.1. The molecule has 3 rings (SSSR count). The number of rotatable bonds is 6. The van der Waals surface area contributed by atoms with Gasteiger partial charge in [0.2, 0.25) is 10.0 Å². The molecule has 2 atom stereocenters. The molecule has 0 radical (unpaired) electrons. The second-order valence-electron chi connectivity index (χ2n) is 7.56. The first kappa shape index (κ1) is 20.4. The first-order valence-electron chi connectivity index (χ1n) is 9.54. The molecule has 0 heterocycles. The lowest BCUT2D eigenvalue weighted by Gasteiger charge is -2.23. The van der Waals surface area contributed by atoms with E-state index in [9.17, 15) is 13.2 Å². The molecule has 4 N–H and O–H groups in total. The molecule has 1 aliphatic carbocycles. The van der Waals surface area contributed by atoms with Gasteiger partial charge in [0, 0.05) is 28.9 Å². The van der Waals surface area contributed by atoms with Gasteiger partial charge in [0.25, 0.3) is 5.91 Å². The zero-order valence-electron chi connectivity index (χ0n) is 16.2. The first-order chi connectivity index (χ1) is 13.3. The Kier molecular flexibility index (Phi) is 6.05. The lowest BCUT2D eigenvalue weighted by atomic mass is 9.94. The largest absolute Gasteiger partial charge is 0.399 e. The van der Waals surface area contributed by atoms with Crippen LogP contribution in [0.2, 0.25) is 0 Å². The molecular weight excluding hydrogens is 374 g/mol. The second-order valence-corrected chi connectivity index (χ2v) is 9.83. The molecule has 1 amide bonds. The Bertz CT molecular complexity index is 940. The number of benzene rings is 2. The van der Waals surface area contributed by atoms with Crippen molar-refractivity contribution in [1.29, 1.82) is 0 Å². The highest BCUT2D eigenvalue weighted by atomic mass is 32.2. The van der Waals surface area contributed by atoms with E-state index in [1.54, 1.807) is 38.1 Å². The lowest BCUT2D eigenvalue weighted by molar-refractivity contribution is 0.102. The molecule has 2 aromatic rings. The third-order valence-corrected chi connectivity index (χ3v) is 7.07. The summed E-state index contributed by atoms with van der Waals surface area (Å²) in [5.41, 5.74) is 8.54. The normalized spacial score (nSPS) is 19.7. The van der Waals surface area contributed by atoms with E-state index >= 15 is 0 Å². The molecule has 0 unspecified atom stereocenters. The highest BCUT2D eigenvalue weighted by Gasteiger charge is 2.32. The maximum Gasteiger partial charge on any atom is 0.255 e. The summed E-state index contributed by atoms with van der Waals surface area (Å²) in [5, 5.41) is 2.42. The second kappa shape index (κ2) is 8.32. The Balaban J connectivity index is 1.69. The zero-order chi connectivity index (χ0) is 20.3. The number of sulfonamides is 1. The van der Waals surface area contributed by atoms with Crippen LogP contribution in [0.3, 0.4) is 0 Å². The number of anilines is 2. The molecule has 150 valence electrons. The van der Waals surface area contributed by atoms with E-state index < -0.39 is 15.3 Å². The minimum atomic E-state index is -3.30. The van der Waals surface area contributed by atoms with Crippen molar-refractivity contribution in [3.63, 3.8) is 0 Å². The van der Waals surface area contributed by atoms with Crippen LogP contribution in [0.1, 0.15) is 54.9 Å². The predicted octanol–water partition coefficient (Wildman–Crippen LogP) is 3.49. The minimum Gasteiger partial charge on any atom is -0.399 e. The number of amides is 1. The minimum absolute atomic E-state index is 0.0832. The van der Waals surface area contributed by atoms with Crippen molar-refractivity contribution < 1.29 is 13.2 Å². The van der Waals surface area contributed by atoms with Crippen molar-refractivity contribution >= 4 is 27.3 Å². The van der Waals surface area contributed by atoms with E-state index in [4.69, 9.17) is 5.73 Å². The van der Waals surface area contributed by atoms with Crippen LogP contribution in [-0.4, -0.2) is 25.6 Å². The van der Waals surface area contributed by atoms with Crippen molar-refractivity contribution in [2.24, 2.45) is 0 Å². The molecule has 1 aliphatic rings. The van der Waals surface area contributed by atoms with Crippen LogP contribution in [0.15, 0.2) is 48.5 Å². The smallest absolute Gasteiger partial charge is 0.255 e. The number of carbonyl (C=O) groups is 1. The van der Waals surface area contributed by atoms with E-state index in [0.29, 0.717) is 16.9 Å². The highest BCUT2D eigenvalue weighted by Crippen LogP contribution is 2.35. The number of nitrogens with one attached hydrogen (secondary N) is 2. The van der Waals surface area contributed by atoms with Gasteiger partial charge in [-0.3, -0.25) is 4.79 Å². The SMILES string of the molecule is CC(C)S(=O)(=O)N[C@@H]1CCC[C@@H]1c1ccc(NC(=O)c2cccc(N)c2)cc1. The fraction of sp³-hybridized carbons (Fsp3) is 0.381. The maximum absolute atomic E-state index is 12.3. The van der Waals surface area contributed by atoms with E-state index in [-0.39, 0.29) is 17.9 Å². The van der Waals surface area contributed by atoms with E-state index in [2.05, 4.69) is 10.0 Å². The number of hydrogen-bond acceptors (Lipinski definition) is 4. The quantitative estimate of drug-likeness (QED) is 0.645. The number of hydrogen-bond donors (Lipinski definition) is 3. The van der Waals surface area contributed by atoms with Gasteiger partial charge in [0.05, 0.1) is 5.25 Å². The summed E-state index contributed by atoms with van der Waals surface area (Å²) in [5.74, 6) is -0.0734. The summed E-state index contributed by atoms with van der Waals surface area (Å²) in [6, 6.07) is 14.4. The van der Waals surface area contributed by atoms with Gasteiger partial charge in [0.1, 0.15) is 0 Å². The molecule has 7 heteroatoms. The Hall–Kier alpha value is -2.38. The van der Waals surface area contributed by atoms with Crippen LogP contribution in [0.5, 0.6) is 0 Å². The molecule has 2 aromatic carbocycles. The topological polar surface area (TPSA) is 101 Å². The maximum atomic E-state index is 12.3. The van der Waals surface area contributed by atoms with E-state index in [0.717, 1.165) is 24.8 Å². The average Bonchev–Trinajstić information content (AvgIpc) is 3.09. The van der Waals surface area contributed by atoms with Crippen LogP contribution < -0.4 is 15.8 Å². The Morgan fingerprint density at radius 3 is 2.46 bits per heavy atom. The fourth-order valence-electron chi connectivity index (χ4n) is 3.54. The van der Waals surface area contributed by atoms with Gasteiger partial charge in [-0.2, -0.15) is 0 Å². The number of carbonyl (C=O) groups excluding carboxylic acids is 1. The summed E-state index contributed by atoms with van der Waals surface area (Å²) >= 11 is 0. The Labute approximate surface area is 166 Å². The van der Waals surface area contributed by atoms with Gasteiger partial charge in [-0.25, -0.2) is 13.1 Å². The monoisotopic (exact) mass is 401 g/mol. The third-order valence-electron chi connectivity index (χ3n) is 5.20. The summed E-state index contributed by atoms with van der Waals surface area (Å²) in [6.45, 7) is 3.37. The van der Waals surface area contributed by atoms with Gasteiger partial charge in [-0.15, -0.1) is 0 Å². The molecule has 0 saturated heterocycles. The van der Waals surface area contributed by atoms with Gasteiger partial charge >= 0.3 is 0 Å². The highest BCUT2D eigenvalue weighted by molar-refractivity contribution is 7.90. The predicted molar refractivity (Wildman–Crippen MR) is 113 cm³/mol. The van der Waals surface area contributed by atoms with Crippen LogP contribution in [0.25, 0.3) is 0 Å². The van der Waals surface area contributed by atoms with Crippen molar-refractivity contribution in [1.82, 2.24) is 4.72 Å². The van der Waals surface area contributed by atoms with Crippen molar-refractivity contribution in [2.45, 2.75) is 50.3 Å². The lowest BCUT2D eigenvalue weighted by Crippen LogP contribution is -2.40. The summed E-state index contributed by atoms with van der Waals surface area (Å²) in [4.78, 5) is 12.3. The summed E-state index contributed by atoms with van der Waals surface area (Å²) in [6.07, 6.45) is 2.77. The Morgan fingerprint density at radius 1 is 1.11 bits per heavy atom. The van der Waals surface area contributed by atoms with E-state index in [1.807, 2.05) is 24.3 Å². The zero-order valence-corrected chi connectivity index (χ0v) is 17.0. The van der Waals surface area contributed by atoms with Crippen molar-refractivity contribution in [3.8, 4) is 0 Å². The molecule has 28 heavy (non-hydrogen) atoms. The van der Waals surface area contributed by atoms with Gasteiger partial charge in [-0.1, -0.05) is 24.6 Å². The molecule has 0 aromatic heterocycles. The number of nitrogens with two attached hydrogens (primary N) is 1. The van der Waals surface area contributed by atoms with Crippen LogP contribution in [0, 0.1) is 0 Å². The third kappa shape index (κ3) is 4.72. The molecular formula is C21H27N3O3S. The molecule has 0 spiro atoms. The standard InChI is InChI=1S/C21H27N3O3S/c1-14(2)28(26,27)24-20-8-4-7-19(20)15-9-11-18(12-10-15)23-21(25)16-5-3-6-17(22)13-16/h3,5-6,9-14,19-20,24H,4,7-8,22H2,1-2H3,(H,23,25)/t19-,20-/m1/s1. The van der Waals surface area contributed by atoms with Crippen LogP contribution >= 0.6 is 0 Å². The van der Waals surface area contributed by atoms with Crippen molar-refractivity contribution in [3.05, 3.63) is 59.7 Å². The average molecular weight is 402 g/mol. The fourth-order valence-corrected chi connectivity index (χ4v) is 4.52. The van der Waals surface area contributed by atoms with Crippen LogP contribution in [0.4, 0.5) is 11.4 Å². The summed E-state index contributed by atoms with van der Waals surface area (Å²) in [7, 11) is -3.30. The van der Waals surface area contributed by atoms with Gasteiger partial charge < -0.3 is 11.1 Å². The van der Waals surface area contributed by atoms with Crippen molar-refractivity contribution in [2.75, 3.05) is 11.1 Å². The van der Waals surface area contributed by atoms with E-state index in [1.165, 1.54) is 0 Å². The number of nitrogen functional groups attached to an aromatic ring is 1. The van der Waals surface area contributed by atoms with Gasteiger partial charge in [0.15, 0.2) is 0 Å². The molecule has 1 fully saturated rings. The molecule has 0 aliphatic heterocycles. The Morgan fingerprint density at radius 2 is 1.82 bits per heavy atom.